The Morgan fingerprint density at radius 3 is 1.89 bits per heavy atom. The highest BCUT2D eigenvalue weighted by atomic mass is 35.5. The number of anilines is 1. The van der Waals surface area contributed by atoms with Gasteiger partial charge in [-0.3, -0.25) is 5.01 Å². The third kappa shape index (κ3) is 2.67. The molecule has 7 rings (SSSR count). The average molecular weight is 634 g/mol. The van der Waals surface area contributed by atoms with E-state index in [2.05, 4.69) is 5.10 Å². The van der Waals surface area contributed by atoms with E-state index >= 15 is 0 Å². The molecule has 2 nitrogen and oxygen atoms in total. The smallest absolute Gasteiger partial charge is 0.166 e. The van der Waals surface area contributed by atoms with Gasteiger partial charge in [0, 0.05) is 22.8 Å². The van der Waals surface area contributed by atoms with Crippen molar-refractivity contribution in [3.63, 3.8) is 0 Å². The second kappa shape index (κ2) is 7.54. The van der Waals surface area contributed by atoms with Crippen molar-refractivity contribution in [2.75, 3.05) is 5.01 Å². The van der Waals surface area contributed by atoms with E-state index in [1.807, 2.05) is 0 Å². The van der Waals surface area contributed by atoms with Crippen LogP contribution in [0, 0.1) is 29.5 Å². The Morgan fingerprint density at radius 2 is 1.31 bits per heavy atom. The van der Waals surface area contributed by atoms with Crippen LogP contribution in [0.1, 0.15) is 20.2 Å². The number of hydrogen-bond acceptors (Lipinski definition) is 2. The van der Waals surface area contributed by atoms with Gasteiger partial charge in [0.05, 0.1) is 28.9 Å². The van der Waals surface area contributed by atoms with Crippen molar-refractivity contribution < 1.29 is 8.22 Å². The maximum atomic E-state index is 10.1. The molecule has 2 aromatic rings. The number of hydrogen-bond donors (Lipinski definition) is 0. The summed E-state index contributed by atoms with van der Waals surface area (Å²) in [5, 5.41) is 5.97. The van der Waals surface area contributed by atoms with Crippen LogP contribution in [0.5, 0.6) is 0 Å². The van der Waals surface area contributed by atoms with Gasteiger partial charge in [0.2, 0.25) is 0 Å². The van der Waals surface area contributed by atoms with Crippen molar-refractivity contribution in [1.29, 1.82) is 0 Å². The van der Waals surface area contributed by atoms with Crippen LogP contribution >= 0.6 is 92.8 Å². The monoisotopic (exact) mass is 630 g/mol. The summed E-state index contributed by atoms with van der Waals surface area (Å²) in [4.78, 5) is -4.32. The van der Waals surface area contributed by atoms with E-state index in [0.717, 1.165) is 5.01 Å². The fourth-order valence-electron chi connectivity index (χ4n) is 5.94. The van der Waals surface area contributed by atoms with Gasteiger partial charge >= 0.3 is 0 Å². The van der Waals surface area contributed by atoms with Gasteiger partial charge in [-0.05, 0) is 72.0 Å². The zero-order valence-electron chi connectivity index (χ0n) is 23.2. The van der Waals surface area contributed by atoms with Crippen LogP contribution in [0.15, 0.2) is 63.7 Å². The summed E-state index contributed by atoms with van der Waals surface area (Å²) >= 11 is 53.6. The number of nitrogens with zero attached hydrogens (tertiary/aromatic N) is 2. The summed E-state index contributed by atoms with van der Waals surface area (Å²) in [5.74, 6) is -11.1. The van der Waals surface area contributed by atoms with E-state index in [4.69, 9.17) is 92.8 Å². The lowest BCUT2D eigenvalue weighted by molar-refractivity contribution is 0.173. The van der Waals surface area contributed by atoms with Crippen molar-refractivity contribution >= 4 is 104 Å². The zero-order valence-corrected chi connectivity index (χ0v) is 23.2. The molecule has 0 N–H and O–H groups in total. The number of allylic oxidation sites excluding steroid dienone is 2. The van der Waals surface area contributed by atoms with E-state index in [1.165, 1.54) is 24.3 Å². The molecule has 3 saturated carbocycles. The van der Waals surface area contributed by atoms with Crippen LogP contribution in [-0.2, 0) is 0 Å². The van der Waals surface area contributed by atoms with E-state index in [9.17, 15) is 8.22 Å². The molecule has 5 aliphatic rings. The highest BCUT2D eigenvalue weighted by Crippen LogP contribution is 2.83. The molecule has 3 unspecified atom stereocenters. The van der Waals surface area contributed by atoms with Crippen molar-refractivity contribution in [2.45, 2.75) is 26.5 Å². The fourth-order valence-corrected chi connectivity index (χ4v) is 9.15. The van der Waals surface area contributed by atoms with Crippen LogP contribution in [-0.4, -0.2) is 25.8 Å². The Balaban J connectivity index is 1.61. The topological polar surface area (TPSA) is 15.6 Å². The summed E-state index contributed by atoms with van der Waals surface area (Å²) < 4.78 is 56.9. The Bertz CT molecular complexity index is 1620. The SMILES string of the molecule is [2H]C1([2H])[C@]2([2H])C3C([C@]4(Cl)C(Cl)=C(Cl)C3(Cl)C4(Cl)Cl)[C@@]1([2H])[C@]1([2H])C(c3ccc(Cl)cc3)=NN(c3ccc(Cl)cc3)[C@@]12[2H]. The third-order valence-electron chi connectivity index (χ3n) is 7.43. The molecule has 10 heteroatoms. The maximum Gasteiger partial charge on any atom is 0.166 e. The van der Waals surface area contributed by atoms with E-state index < -0.39 is 56.0 Å². The van der Waals surface area contributed by atoms with Gasteiger partial charge < -0.3 is 0 Å². The fraction of sp³-hybridized carbons (Fsp3) is 0.400. The van der Waals surface area contributed by atoms with Gasteiger partial charge in [0.25, 0.3) is 0 Å². The molecule has 3 fully saturated rings. The maximum absolute atomic E-state index is 10.1. The van der Waals surface area contributed by atoms with E-state index in [1.54, 1.807) is 24.3 Å². The van der Waals surface area contributed by atoms with Gasteiger partial charge in [-0.25, -0.2) is 0 Å². The number of fused-ring (bicyclic) bond motifs is 12. The molecule has 2 aromatic carbocycles. The summed E-state index contributed by atoms with van der Waals surface area (Å²) in [5.41, 5.74) is 0.385. The quantitative estimate of drug-likeness (QED) is 0.238. The minimum atomic E-state index is -2.93. The van der Waals surface area contributed by atoms with Crippen molar-refractivity contribution in [3.8, 4) is 0 Å². The molecule has 4 bridgehead atoms. The second-order valence-corrected chi connectivity index (χ2v) is 13.1. The number of alkyl halides is 4. The van der Waals surface area contributed by atoms with Crippen molar-refractivity contribution in [3.05, 3.63) is 74.2 Å². The highest BCUT2D eigenvalue weighted by Gasteiger charge is 2.88. The van der Waals surface area contributed by atoms with Crippen LogP contribution < -0.4 is 5.01 Å². The van der Waals surface area contributed by atoms with E-state index in [-0.39, 0.29) is 21.5 Å². The molecule has 8 atom stereocenters. The molecule has 4 aliphatic carbocycles. The van der Waals surface area contributed by atoms with Gasteiger partial charge in [-0.15, -0.1) is 23.2 Å². The molecule has 182 valence electrons. The van der Waals surface area contributed by atoms with Crippen molar-refractivity contribution in [1.82, 2.24) is 0 Å². The molecule has 35 heavy (non-hydrogen) atoms. The minimum Gasteiger partial charge on any atom is -0.261 e. The molecule has 0 aromatic heterocycles. The second-order valence-electron chi connectivity index (χ2n) is 9.00. The minimum absolute atomic E-state index is 0.141. The first-order valence-electron chi connectivity index (χ1n) is 13.5. The lowest BCUT2D eigenvalue weighted by Gasteiger charge is -2.45. The summed E-state index contributed by atoms with van der Waals surface area (Å²) in [7, 11) is 0. The lowest BCUT2D eigenvalue weighted by atomic mass is 9.65. The highest BCUT2D eigenvalue weighted by molar-refractivity contribution is 6.65. The van der Waals surface area contributed by atoms with Crippen LogP contribution in [0.2, 0.25) is 10.0 Å². The third-order valence-corrected chi connectivity index (χ3v) is 12.2. The standard InChI is InChI=1S/C25H16Cl8N2/c26-11-3-1-10(2-4-11)19-16-14-9-15(20(16)35(34-19)13-7-5-12(27)6-8-13)18-17(14)23(30)21(28)22(29)24(18,31)25(23,32)33/h1-8,14-18,20H,9H2/t14-,15-,16-,17?,18?,20-,23+,24?/m1/s1/i9D2,14D,15D,16D,20D. The number of hydrazone groups is 1. The molecule has 1 heterocycles. The normalized spacial score (nSPS) is 54.4. The largest absolute Gasteiger partial charge is 0.261 e. The predicted molar refractivity (Wildman–Crippen MR) is 148 cm³/mol. The summed E-state index contributed by atoms with van der Waals surface area (Å²) in [6, 6.07) is 9.71. The van der Waals surface area contributed by atoms with Crippen LogP contribution in [0.4, 0.5) is 5.69 Å². The van der Waals surface area contributed by atoms with Gasteiger partial charge in [0.15, 0.2) is 4.33 Å². The Labute approximate surface area is 251 Å². The van der Waals surface area contributed by atoms with Crippen LogP contribution in [0.25, 0.3) is 0 Å². The lowest BCUT2D eigenvalue weighted by Crippen LogP contribution is -2.51. The first-order chi connectivity index (χ1) is 18.8. The summed E-state index contributed by atoms with van der Waals surface area (Å²) in [6.07, 6.45) is -2.93. The first kappa shape index (κ1) is 18.3. The van der Waals surface area contributed by atoms with Gasteiger partial charge in [0.1, 0.15) is 9.75 Å². The zero-order chi connectivity index (χ0) is 30.1. The van der Waals surface area contributed by atoms with Crippen LogP contribution in [0.3, 0.4) is 0 Å². The number of rotatable bonds is 2. The molecule has 0 spiro atoms. The Morgan fingerprint density at radius 1 is 0.800 bits per heavy atom. The first-order valence-corrected chi connectivity index (χ1v) is 13.5. The Hall–Kier alpha value is -0.0300. The molecule has 0 saturated heterocycles. The molecule has 0 amide bonds. The Kier molecular flexibility index (Phi) is 3.94. The number of benzene rings is 2. The summed E-state index contributed by atoms with van der Waals surface area (Å²) in [6.45, 7) is 0. The predicted octanol–water partition coefficient (Wildman–Crippen LogP) is 8.93. The number of halogens is 8. The molecular weight excluding hydrogens is 612 g/mol. The van der Waals surface area contributed by atoms with E-state index in [0.29, 0.717) is 15.6 Å². The van der Waals surface area contributed by atoms with Gasteiger partial charge in [-0.1, -0.05) is 81.7 Å². The van der Waals surface area contributed by atoms with Gasteiger partial charge in [-0.2, -0.15) is 5.10 Å². The molecule has 1 aliphatic heterocycles. The molecule has 0 radical (unpaired) electrons. The molecular formula is C25H16Cl8N2. The average Bonchev–Trinajstić information content (AvgIpc) is 3.38. The van der Waals surface area contributed by atoms with Crippen molar-refractivity contribution in [2.24, 2.45) is 34.6 Å².